The van der Waals surface area contributed by atoms with Crippen molar-refractivity contribution in [3.8, 4) is 0 Å². The molecule has 1 saturated carbocycles. The Kier molecular flexibility index (Phi) is 5.56. The average molecular weight is 301 g/mol. The van der Waals surface area contributed by atoms with E-state index in [9.17, 15) is 5.11 Å². The Balaban J connectivity index is 1.97. The molecule has 0 bridgehead atoms. The van der Waals surface area contributed by atoms with Gasteiger partial charge in [-0.3, -0.25) is 0 Å². The normalized spacial score (nSPS) is 25.3. The first kappa shape index (κ1) is 15.2. The van der Waals surface area contributed by atoms with Crippen molar-refractivity contribution in [2.75, 3.05) is 0 Å². The topological polar surface area (TPSA) is 20.2 Å². The van der Waals surface area contributed by atoms with Crippen LogP contribution in [0.15, 0.2) is 18.2 Å². The number of hydrogen-bond donors (Lipinski definition) is 1. The lowest BCUT2D eigenvalue weighted by molar-refractivity contribution is 0.0722. The minimum Gasteiger partial charge on any atom is -0.388 e. The first-order valence-corrected chi connectivity index (χ1v) is 8.00. The molecule has 1 unspecified atom stereocenters. The Morgan fingerprint density at radius 1 is 1.16 bits per heavy atom. The summed E-state index contributed by atoms with van der Waals surface area (Å²) in [5, 5.41) is 11.5. The van der Waals surface area contributed by atoms with Crippen LogP contribution in [0, 0.1) is 11.8 Å². The lowest BCUT2D eigenvalue weighted by Crippen LogP contribution is -2.20. The molecule has 106 valence electrons. The second kappa shape index (κ2) is 6.97. The van der Waals surface area contributed by atoms with Gasteiger partial charge in [-0.2, -0.15) is 0 Å². The van der Waals surface area contributed by atoms with Gasteiger partial charge in [0.05, 0.1) is 16.1 Å². The number of aliphatic hydroxyl groups is 1. The summed E-state index contributed by atoms with van der Waals surface area (Å²) in [4.78, 5) is 0. The average Bonchev–Trinajstić information content (AvgIpc) is 2.42. The fourth-order valence-corrected chi connectivity index (χ4v) is 3.48. The molecule has 1 aromatic rings. The molecule has 3 heteroatoms. The molecule has 1 fully saturated rings. The molecule has 0 aromatic heterocycles. The quantitative estimate of drug-likeness (QED) is 0.763. The van der Waals surface area contributed by atoms with Crippen molar-refractivity contribution in [1.29, 1.82) is 0 Å². The summed E-state index contributed by atoms with van der Waals surface area (Å²) in [5.41, 5.74) is 0.897. The van der Waals surface area contributed by atoms with E-state index in [0.29, 0.717) is 16.0 Å². The number of hydrogen-bond acceptors (Lipinski definition) is 1. The van der Waals surface area contributed by atoms with Crippen molar-refractivity contribution in [2.24, 2.45) is 11.8 Å². The fourth-order valence-electron chi connectivity index (χ4n) is 3.17. The highest BCUT2D eigenvalue weighted by Crippen LogP contribution is 2.39. The molecule has 1 N–H and O–H groups in total. The molecule has 1 nitrogen and oxygen atoms in total. The minimum absolute atomic E-state index is 0.366. The van der Waals surface area contributed by atoms with E-state index in [-0.39, 0.29) is 0 Å². The molecule has 0 saturated heterocycles. The molecule has 1 aliphatic carbocycles. The van der Waals surface area contributed by atoms with Crippen LogP contribution in [0.4, 0.5) is 0 Å². The minimum atomic E-state index is -0.405. The van der Waals surface area contributed by atoms with Gasteiger partial charge < -0.3 is 5.11 Å². The Morgan fingerprint density at radius 3 is 2.42 bits per heavy atom. The van der Waals surface area contributed by atoms with Crippen LogP contribution in [0.2, 0.25) is 10.0 Å². The summed E-state index contributed by atoms with van der Waals surface area (Å²) in [6.07, 6.45) is 6.92. The maximum atomic E-state index is 10.5. The van der Waals surface area contributed by atoms with Crippen molar-refractivity contribution in [3.05, 3.63) is 33.8 Å². The van der Waals surface area contributed by atoms with Crippen molar-refractivity contribution in [3.63, 3.8) is 0 Å². The van der Waals surface area contributed by atoms with Gasteiger partial charge in [0.25, 0.3) is 0 Å². The van der Waals surface area contributed by atoms with Crippen molar-refractivity contribution >= 4 is 23.2 Å². The smallest absolute Gasteiger partial charge is 0.0818 e. The van der Waals surface area contributed by atoms with Gasteiger partial charge in [0.15, 0.2) is 0 Å². The van der Waals surface area contributed by atoms with Crippen LogP contribution in [0.3, 0.4) is 0 Å². The molecular weight excluding hydrogens is 279 g/mol. The maximum absolute atomic E-state index is 10.5. The third-order valence-corrected chi connectivity index (χ3v) is 5.06. The number of aliphatic hydroxyl groups excluding tert-OH is 1. The van der Waals surface area contributed by atoms with E-state index in [2.05, 4.69) is 6.92 Å². The van der Waals surface area contributed by atoms with Gasteiger partial charge in [0, 0.05) is 0 Å². The lowest BCUT2D eigenvalue weighted by atomic mass is 9.76. The molecule has 0 aliphatic heterocycles. The van der Waals surface area contributed by atoms with E-state index >= 15 is 0 Å². The molecular formula is C16H22Cl2O. The lowest BCUT2D eigenvalue weighted by Gasteiger charge is -2.31. The largest absolute Gasteiger partial charge is 0.388 e. The highest BCUT2D eigenvalue weighted by atomic mass is 35.5. The third-order valence-electron chi connectivity index (χ3n) is 4.32. The van der Waals surface area contributed by atoms with Gasteiger partial charge >= 0.3 is 0 Å². The summed E-state index contributed by atoms with van der Waals surface area (Å²) < 4.78 is 0. The van der Waals surface area contributed by atoms with E-state index in [1.807, 2.05) is 6.07 Å². The van der Waals surface area contributed by atoms with Crippen molar-refractivity contribution in [1.82, 2.24) is 0 Å². The highest BCUT2D eigenvalue weighted by molar-refractivity contribution is 6.42. The Hall–Kier alpha value is -0.240. The molecule has 0 spiro atoms. The molecule has 0 heterocycles. The summed E-state index contributed by atoms with van der Waals surface area (Å²) in [6.45, 7) is 2.25. The number of rotatable bonds is 4. The molecule has 1 aromatic carbocycles. The van der Waals surface area contributed by atoms with Crippen LogP contribution in [-0.2, 0) is 0 Å². The van der Waals surface area contributed by atoms with E-state index < -0.39 is 6.10 Å². The van der Waals surface area contributed by atoms with Crippen LogP contribution >= 0.6 is 23.2 Å². The van der Waals surface area contributed by atoms with Gasteiger partial charge in [-0.25, -0.2) is 0 Å². The zero-order chi connectivity index (χ0) is 13.8. The van der Waals surface area contributed by atoms with Crippen LogP contribution < -0.4 is 0 Å². The van der Waals surface area contributed by atoms with Crippen LogP contribution in [0.1, 0.15) is 57.1 Å². The van der Waals surface area contributed by atoms with Crippen LogP contribution in [0.25, 0.3) is 0 Å². The molecule has 0 amide bonds. The Bertz CT molecular complexity index is 411. The van der Waals surface area contributed by atoms with Crippen LogP contribution in [0.5, 0.6) is 0 Å². The predicted octanol–water partition coefficient (Wildman–Crippen LogP) is 5.63. The highest BCUT2D eigenvalue weighted by Gasteiger charge is 2.27. The summed E-state index contributed by atoms with van der Waals surface area (Å²) >= 11 is 11.9. The maximum Gasteiger partial charge on any atom is 0.0818 e. The number of benzene rings is 1. The van der Waals surface area contributed by atoms with E-state index in [4.69, 9.17) is 23.2 Å². The molecule has 19 heavy (non-hydrogen) atoms. The molecule has 2 rings (SSSR count). The standard InChI is InChI=1S/C16H22Cl2O/c1-2-3-11-4-6-12(7-5-11)16(19)13-8-9-14(17)15(18)10-13/h8-12,16,19H,2-7H2,1H3. The monoisotopic (exact) mass is 300 g/mol. The van der Waals surface area contributed by atoms with E-state index in [0.717, 1.165) is 24.3 Å². The van der Waals surface area contributed by atoms with Gasteiger partial charge in [0.2, 0.25) is 0 Å². The molecule has 1 atom stereocenters. The Morgan fingerprint density at radius 2 is 1.84 bits per heavy atom. The predicted molar refractivity (Wildman–Crippen MR) is 81.8 cm³/mol. The molecule has 1 aliphatic rings. The Labute approximate surface area is 125 Å². The van der Waals surface area contributed by atoms with Gasteiger partial charge in [-0.05, 0) is 42.4 Å². The van der Waals surface area contributed by atoms with Crippen molar-refractivity contribution < 1.29 is 5.11 Å². The van der Waals surface area contributed by atoms with Gasteiger partial charge in [-0.1, -0.05) is 61.9 Å². The summed E-state index contributed by atoms with van der Waals surface area (Å²) in [6, 6.07) is 5.45. The van der Waals surface area contributed by atoms with E-state index in [1.165, 1.54) is 25.7 Å². The SMILES string of the molecule is CCCC1CCC(C(O)c2ccc(Cl)c(Cl)c2)CC1. The van der Waals surface area contributed by atoms with E-state index in [1.54, 1.807) is 12.1 Å². The van der Waals surface area contributed by atoms with Crippen LogP contribution in [-0.4, -0.2) is 5.11 Å². The number of halogens is 2. The molecule has 0 radical (unpaired) electrons. The second-order valence-corrected chi connectivity index (χ2v) is 6.50. The summed E-state index contributed by atoms with van der Waals surface area (Å²) in [5.74, 6) is 1.23. The third kappa shape index (κ3) is 3.87. The zero-order valence-electron chi connectivity index (χ0n) is 11.4. The fraction of sp³-hybridized carbons (Fsp3) is 0.625. The first-order valence-electron chi connectivity index (χ1n) is 7.24. The zero-order valence-corrected chi connectivity index (χ0v) is 12.9. The van der Waals surface area contributed by atoms with Gasteiger partial charge in [-0.15, -0.1) is 0 Å². The van der Waals surface area contributed by atoms with Crippen molar-refractivity contribution in [2.45, 2.75) is 51.6 Å². The second-order valence-electron chi connectivity index (χ2n) is 5.69. The van der Waals surface area contributed by atoms with Gasteiger partial charge in [0.1, 0.15) is 0 Å². The first-order chi connectivity index (χ1) is 9.11. The summed E-state index contributed by atoms with van der Waals surface area (Å²) in [7, 11) is 0.